The van der Waals surface area contributed by atoms with Crippen molar-refractivity contribution in [2.45, 2.75) is 13.8 Å². The summed E-state index contributed by atoms with van der Waals surface area (Å²) >= 11 is 0. The minimum Gasteiger partial charge on any atom is -0.481 e. The summed E-state index contributed by atoms with van der Waals surface area (Å²) in [6.45, 7) is 7.15. The average Bonchev–Trinajstić information content (AvgIpc) is 1.64. The molecule has 9 heavy (non-hydrogen) atoms. The van der Waals surface area contributed by atoms with Crippen molar-refractivity contribution in [3.05, 3.63) is 12.7 Å². The van der Waals surface area contributed by atoms with E-state index in [1.165, 1.54) is 6.08 Å². The molecule has 0 fully saturated rings. The molecule has 0 aliphatic heterocycles. The minimum absolute atomic E-state index is 0.139. The van der Waals surface area contributed by atoms with E-state index >= 15 is 0 Å². The van der Waals surface area contributed by atoms with E-state index in [9.17, 15) is 4.79 Å². The smallest absolute Gasteiger partial charge is 0.310 e. The summed E-state index contributed by atoms with van der Waals surface area (Å²) in [5.74, 6) is -1.05. The maximum absolute atomic E-state index is 10.3. The van der Waals surface area contributed by atoms with Gasteiger partial charge in [0.1, 0.15) is 0 Å². The van der Waals surface area contributed by atoms with Crippen LogP contribution in [0.2, 0.25) is 0 Å². The lowest BCUT2D eigenvalue weighted by Crippen LogP contribution is -2.16. The molecule has 2 heteroatoms. The number of rotatable bonds is 3. The quantitative estimate of drug-likeness (QED) is 0.585. The van der Waals surface area contributed by atoms with Crippen LogP contribution in [-0.2, 0) is 4.79 Å². The monoisotopic (exact) mass is 128 g/mol. The molecule has 0 unspecified atom stereocenters. The van der Waals surface area contributed by atoms with Crippen molar-refractivity contribution in [3.8, 4) is 0 Å². The lowest BCUT2D eigenvalue weighted by atomic mass is 9.97. The van der Waals surface area contributed by atoms with Crippen LogP contribution in [0.5, 0.6) is 0 Å². The molecule has 1 N–H and O–H groups in total. The number of aliphatic carboxylic acids is 1. The van der Waals surface area contributed by atoms with Gasteiger partial charge in [0.2, 0.25) is 0 Å². The normalized spacial score (nSPS) is 13.2. The fraction of sp³-hybridized carbons (Fsp3) is 0.571. The fourth-order valence-corrected chi connectivity index (χ4v) is 0.658. The van der Waals surface area contributed by atoms with E-state index in [2.05, 4.69) is 6.58 Å². The molecule has 0 amide bonds. The molecule has 0 radical (unpaired) electrons. The maximum atomic E-state index is 10.3. The largest absolute Gasteiger partial charge is 0.481 e. The molecule has 0 bridgehead atoms. The predicted octanol–water partition coefficient (Wildman–Crippen LogP) is 1.53. The molecule has 0 aliphatic rings. The topological polar surface area (TPSA) is 37.3 Å². The Kier molecular flexibility index (Phi) is 2.99. The lowest BCUT2D eigenvalue weighted by molar-refractivity contribution is -0.141. The van der Waals surface area contributed by atoms with Crippen LogP contribution in [0, 0.1) is 11.8 Å². The highest BCUT2D eigenvalue weighted by Gasteiger charge is 2.16. The van der Waals surface area contributed by atoms with Crippen LogP contribution in [-0.4, -0.2) is 11.1 Å². The Labute approximate surface area is 55.2 Å². The van der Waals surface area contributed by atoms with E-state index in [1.54, 1.807) is 0 Å². The Morgan fingerprint density at radius 2 is 2.11 bits per heavy atom. The number of hydrogen-bond acceptors (Lipinski definition) is 1. The molecular formula is C7H12O2. The van der Waals surface area contributed by atoms with Crippen LogP contribution in [0.25, 0.3) is 0 Å². The molecule has 0 rings (SSSR count). The van der Waals surface area contributed by atoms with Gasteiger partial charge in [0.05, 0.1) is 5.92 Å². The van der Waals surface area contributed by atoms with Crippen molar-refractivity contribution in [1.82, 2.24) is 0 Å². The van der Waals surface area contributed by atoms with Crippen LogP contribution in [0.1, 0.15) is 13.8 Å². The lowest BCUT2D eigenvalue weighted by Gasteiger charge is -2.09. The standard InChI is InChI=1S/C7H12O2/c1-4-6(5(2)3)7(8)9/h4-6H,1H2,2-3H3,(H,8,9)/t6-/m0/s1. The zero-order chi connectivity index (χ0) is 7.44. The van der Waals surface area contributed by atoms with Gasteiger partial charge < -0.3 is 5.11 Å². The van der Waals surface area contributed by atoms with E-state index in [0.717, 1.165) is 0 Å². The average molecular weight is 128 g/mol. The Balaban J connectivity index is 3.98. The highest BCUT2D eigenvalue weighted by Crippen LogP contribution is 2.10. The zero-order valence-electron chi connectivity index (χ0n) is 5.79. The molecule has 52 valence electrons. The third-order valence-electron chi connectivity index (χ3n) is 1.26. The summed E-state index contributed by atoms with van der Waals surface area (Å²) in [5.41, 5.74) is 0. The van der Waals surface area contributed by atoms with Crippen molar-refractivity contribution in [1.29, 1.82) is 0 Å². The first-order valence-electron chi connectivity index (χ1n) is 2.95. The molecule has 0 spiro atoms. The number of carbonyl (C=O) groups is 1. The second-order valence-electron chi connectivity index (χ2n) is 2.34. The van der Waals surface area contributed by atoms with Gasteiger partial charge in [-0.05, 0) is 5.92 Å². The van der Waals surface area contributed by atoms with Gasteiger partial charge >= 0.3 is 5.97 Å². The van der Waals surface area contributed by atoms with Gasteiger partial charge in [0, 0.05) is 0 Å². The molecule has 0 aromatic carbocycles. The second-order valence-corrected chi connectivity index (χ2v) is 2.34. The van der Waals surface area contributed by atoms with Gasteiger partial charge in [-0.15, -0.1) is 6.58 Å². The van der Waals surface area contributed by atoms with E-state index in [-0.39, 0.29) is 5.92 Å². The highest BCUT2D eigenvalue weighted by molar-refractivity contribution is 5.72. The number of carboxylic acid groups (broad SMARTS) is 1. The third kappa shape index (κ3) is 2.31. The Morgan fingerprint density at radius 3 is 2.11 bits per heavy atom. The first-order valence-corrected chi connectivity index (χ1v) is 2.95. The maximum Gasteiger partial charge on any atom is 0.310 e. The molecule has 0 aliphatic carbocycles. The van der Waals surface area contributed by atoms with Gasteiger partial charge in [-0.1, -0.05) is 19.9 Å². The second kappa shape index (κ2) is 3.28. The molecule has 2 nitrogen and oxygen atoms in total. The van der Waals surface area contributed by atoms with Gasteiger partial charge in [0.15, 0.2) is 0 Å². The number of carboxylic acids is 1. The molecule has 0 aromatic rings. The predicted molar refractivity (Wildman–Crippen MR) is 36.2 cm³/mol. The van der Waals surface area contributed by atoms with Crippen molar-refractivity contribution in [2.24, 2.45) is 11.8 Å². The zero-order valence-corrected chi connectivity index (χ0v) is 5.79. The first-order chi connectivity index (χ1) is 4.09. The minimum atomic E-state index is -0.792. The SMILES string of the molecule is C=C[C@H](C(=O)O)C(C)C. The van der Waals surface area contributed by atoms with Crippen LogP contribution < -0.4 is 0 Å². The van der Waals surface area contributed by atoms with Crippen LogP contribution >= 0.6 is 0 Å². The Bertz CT molecular complexity index is 116. The van der Waals surface area contributed by atoms with Crippen LogP contribution in [0.15, 0.2) is 12.7 Å². The summed E-state index contributed by atoms with van der Waals surface area (Å²) in [6.07, 6.45) is 1.47. The summed E-state index contributed by atoms with van der Waals surface area (Å²) in [5, 5.41) is 8.47. The summed E-state index contributed by atoms with van der Waals surface area (Å²) in [6, 6.07) is 0. The van der Waals surface area contributed by atoms with Gasteiger partial charge in [-0.3, -0.25) is 4.79 Å². The summed E-state index contributed by atoms with van der Waals surface area (Å²) < 4.78 is 0. The fourth-order valence-electron chi connectivity index (χ4n) is 0.658. The van der Waals surface area contributed by atoms with Gasteiger partial charge in [0.25, 0.3) is 0 Å². The van der Waals surface area contributed by atoms with Crippen molar-refractivity contribution in [3.63, 3.8) is 0 Å². The Morgan fingerprint density at radius 1 is 1.67 bits per heavy atom. The van der Waals surface area contributed by atoms with Crippen LogP contribution in [0.3, 0.4) is 0 Å². The van der Waals surface area contributed by atoms with Crippen molar-refractivity contribution in [2.75, 3.05) is 0 Å². The van der Waals surface area contributed by atoms with E-state index in [0.29, 0.717) is 0 Å². The molecule has 0 saturated carbocycles. The molecular weight excluding hydrogens is 116 g/mol. The summed E-state index contributed by atoms with van der Waals surface area (Å²) in [7, 11) is 0. The molecule has 1 atom stereocenters. The van der Waals surface area contributed by atoms with E-state index in [4.69, 9.17) is 5.11 Å². The Hall–Kier alpha value is -0.790. The molecule has 0 saturated heterocycles. The third-order valence-corrected chi connectivity index (χ3v) is 1.26. The van der Waals surface area contributed by atoms with Crippen molar-refractivity contribution >= 4 is 5.97 Å². The van der Waals surface area contributed by atoms with Gasteiger partial charge in [-0.25, -0.2) is 0 Å². The highest BCUT2D eigenvalue weighted by atomic mass is 16.4. The van der Waals surface area contributed by atoms with Gasteiger partial charge in [-0.2, -0.15) is 0 Å². The summed E-state index contributed by atoms with van der Waals surface area (Å²) in [4.78, 5) is 10.3. The van der Waals surface area contributed by atoms with E-state index < -0.39 is 11.9 Å². The van der Waals surface area contributed by atoms with E-state index in [1.807, 2.05) is 13.8 Å². The number of hydrogen-bond donors (Lipinski definition) is 1. The van der Waals surface area contributed by atoms with Crippen LogP contribution in [0.4, 0.5) is 0 Å². The first kappa shape index (κ1) is 8.21. The van der Waals surface area contributed by atoms with Crippen molar-refractivity contribution < 1.29 is 9.90 Å². The molecule has 0 aromatic heterocycles. The molecule has 0 heterocycles.